The molecule has 290 valence electrons. The fourth-order valence-corrected chi connectivity index (χ4v) is 12.0. The van der Waals surface area contributed by atoms with Crippen LogP contribution < -0.4 is 5.73 Å². The van der Waals surface area contributed by atoms with Crippen LogP contribution in [0.4, 0.5) is 0 Å². The Bertz CT molecular complexity index is 1380. The largest absolute Gasteiger partial charge is 0.392 e. The Morgan fingerprint density at radius 1 is 0.846 bits per heavy atom. The molecule has 0 aromatic heterocycles. The molecule has 11 nitrogen and oxygen atoms in total. The van der Waals surface area contributed by atoms with Gasteiger partial charge in [0, 0.05) is 51.7 Å². The standard InChI is InChI=1S/C41H61NO10/c1-20-11-23-5-7-30-21(2)12-28(46-30)9-10-41-18-34-37(51-41)38-39(50-34)40(52-41)36-31(49-38)8-6-27(47-36)15-25(43)16-29-32(14-24(13-23)22(20)3)48-33(35(29)45-4)17-26(44)19-42/h20,23-24,26-40,44H,2-3,5-19,42H2,1,4H3/t20-,23+,24-,26+,27-,28+,29+,30+,31+,32+,33-,34+,35-,36+,37-,38+,39-,40+,41+/m1/s1. The Balaban J connectivity index is 0.994. The molecule has 0 aromatic rings. The third-order valence-corrected chi connectivity index (χ3v) is 14.6. The third-order valence-electron chi connectivity index (χ3n) is 14.6. The SMILES string of the molecule is C=C1[C@@H]2C[C@@H](CC[C@@H]3O[C@@H](CC[C@@]45C[C@@H]6O[C@H]7[C@@H](O4)[C@H]4O[C@H](CC[C@@H]4O[C@H]7[C@@H]6O5)CC(=O)C[C@@H]4[C@@H](OC)[C@@H](C[C@H](O)CN)O[C@H]4C2)CC3=C)C[C@H]1C. The summed E-state index contributed by atoms with van der Waals surface area (Å²) in [5, 5.41) is 10.6. The lowest BCUT2D eigenvalue weighted by molar-refractivity contribution is -0.292. The van der Waals surface area contributed by atoms with E-state index in [2.05, 4.69) is 20.1 Å². The van der Waals surface area contributed by atoms with Crippen LogP contribution in [0.25, 0.3) is 0 Å². The van der Waals surface area contributed by atoms with E-state index >= 15 is 0 Å². The molecule has 9 aliphatic heterocycles. The van der Waals surface area contributed by atoms with Crippen molar-refractivity contribution >= 4 is 5.78 Å². The normalized spacial score (nSPS) is 52.4. The van der Waals surface area contributed by atoms with Gasteiger partial charge in [0.05, 0.1) is 54.9 Å². The quantitative estimate of drug-likeness (QED) is 0.401. The summed E-state index contributed by atoms with van der Waals surface area (Å²) >= 11 is 0. The minimum absolute atomic E-state index is 0.0536. The molecule has 19 atom stereocenters. The number of methoxy groups -OCH3 is 1. The maximum Gasteiger partial charge on any atom is 0.172 e. The molecule has 0 radical (unpaired) electrons. The van der Waals surface area contributed by atoms with Gasteiger partial charge in [0.2, 0.25) is 0 Å². The van der Waals surface area contributed by atoms with Crippen LogP contribution in [-0.2, 0) is 42.7 Å². The molecule has 0 amide bonds. The molecule has 3 N–H and O–H groups in total. The van der Waals surface area contributed by atoms with E-state index in [9.17, 15) is 9.90 Å². The predicted molar refractivity (Wildman–Crippen MR) is 189 cm³/mol. The molecule has 1 spiro atoms. The van der Waals surface area contributed by atoms with E-state index < -0.39 is 11.9 Å². The van der Waals surface area contributed by atoms with Crippen LogP contribution in [0.2, 0.25) is 0 Å². The van der Waals surface area contributed by atoms with Gasteiger partial charge in [0.1, 0.15) is 36.3 Å². The zero-order chi connectivity index (χ0) is 35.9. The van der Waals surface area contributed by atoms with Crippen molar-refractivity contribution in [1.29, 1.82) is 0 Å². The Morgan fingerprint density at radius 2 is 1.63 bits per heavy atom. The lowest BCUT2D eigenvalue weighted by atomic mass is 9.68. The van der Waals surface area contributed by atoms with Crippen LogP contribution >= 0.6 is 0 Å². The second-order valence-electron chi connectivity index (χ2n) is 18.0. The lowest BCUT2D eigenvalue weighted by Gasteiger charge is -2.47. The Labute approximate surface area is 308 Å². The average Bonchev–Trinajstić information content (AvgIpc) is 3.79. The molecule has 9 saturated heterocycles. The number of allylic oxidation sites excluding steroid dienone is 1. The summed E-state index contributed by atoms with van der Waals surface area (Å²) in [6.45, 7) is 11.5. The monoisotopic (exact) mass is 727 g/mol. The average molecular weight is 728 g/mol. The summed E-state index contributed by atoms with van der Waals surface area (Å²) in [6.07, 6.45) is 7.65. The molecular formula is C41H61NO10. The fraction of sp³-hybridized carbons (Fsp3) is 0.878. The van der Waals surface area contributed by atoms with Crippen LogP contribution in [-0.4, -0.2) is 116 Å². The smallest absolute Gasteiger partial charge is 0.172 e. The minimum atomic E-state index is -0.760. The predicted octanol–water partition coefficient (Wildman–Crippen LogP) is 4.31. The number of ether oxygens (including phenoxy) is 8. The summed E-state index contributed by atoms with van der Waals surface area (Å²) in [5.41, 5.74) is 8.31. The van der Waals surface area contributed by atoms with Gasteiger partial charge >= 0.3 is 0 Å². The van der Waals surface area contributed by atoms with E-state index in [1.54, 1.807) is 7.11 Å². The summed E-state index contributed by atoms with van der Waals surface area (Å²) in [7, 11) is 1.69. The number of ketones is 1. The van der Waals surface area contributed by atoms with Crippen molar-refractivity contribution in [3.05, 3.63) is 24.3 Å². The van der Waals surface area contributed by atoms with Crippen molar-refractivity contribution in [2.24, 2.45) is 29.4 Å². The van der Waals surface area contributed by atoms with Gasteiger partial charge in [-0.3, -0.25) is 4.79 Å². The maximum absolute atomic E-state index is 14.1. The summed E-state index contributed by atoms with van der Waals surface area (Å²) < 4.78 is 53.5. The lowest BCUT2D eigenvalue weighted by Crippen LogP contribution is -2.61. The summed E-state index contributed by atoms with van der Waals surface area (Å²) in [6, 6.07) is 0. The number of carbonyl (C=O) groups is 1. The van der Waals surface area contributed by atoms with Crippen LogP contribution in [0, 0.1) is 23.7 Å². The first-order valence-corrected chi connectivity index (χ1v) is 20.5. The maximum atomic E-state index is 14.1. The zero-order valence-electron chi connectivity index (χ0n) is 31.1. The van der Waals surface area contributed by atoms with Gasteiger partial charge in [-0.05, 0) is 81.1 Å². The topological polar surface area (TPSA) is 137 Å². The van der Waals surface area contributed by atoms with Gasteiger partial charge in [0.15, 0.2) is 5.79 Å². The first-order chi connectivity index (χ1) is 25.1. The molecule has 12 bridgehead atoms. The highest BCUT2D eigenvalue weighted by atomic mass is 16.8. The Kier molecular flexibility index (Phi) is 10.0. The van der Waals surface area contributed by atoms with Crippen molar-refractivity contribution in [2.75, 3.05) is 13.7 Å². The Hall–Kier alpha value is -1.25. The van der Waals surface area contributed by atoms with E-state index in [0.29, 0.717) is 37.5 Å². The molecule has 11 heteroatoms. The van der Waals surface area contributed by atoms with Gasteiger partial charge < -0.3 is 48.7 Å². The van der Waals surface area contributed by atoms with Crippen LogP contribution in [0.15, 0.2) is 24.3 Å². The third kappa shape index (κ3) is 6.60. The Morgan fingerprint density at radius 3 is 2.46 bits per heavy atom. The van der Waals surface area contributed by atoms with E-state index in [0.717, 1.165) is 64.2 Å². The van der Waals surface area contributed by atoms with Crippen molar-refractivity contribution in [3.8, 4) is 0 Å². The highest BCUT2D eigenvalue weighted by Crippen LogP contribution is 2.54. The minimum Gasteiger partial charge on any atom is -0.392 e. The van der Waals surface area contributed by atoms with Gasteiger partial charge in [-0.15, -0.1) is 0 Å². The summed E-state index contributed by atoms with van der Waals surface area (Å²) in [5.74, 6) is 0.474. The second kappa shape index (κ2) is 14.4. The first-order valence-electron chi connectivity index (χ1n) is 20.5. The number of Topliss-reactive ketones (excluding diaryl/α,β-unsaturated/α-hetero) is 1. The first kappa shape index (κ1) is 36.4. The van der Waals surface area contributed by atoms with E-state index in [-0.39, 0.29) is 104 Å². The van der Waals surface area contributed by atoms with Crippen molar-refractivity contribution < 1.29 is 47.8 Å². The molecule has 52 heavy (non-hydrogen) atoms. The molecular weight excluding hydrogens is 666 g/mol. The number of aliphatic hydroxyl groups is 1. The van der Waals surface area contributed by atoms with Crippen molar-refractivity contribution in [1.82, 2.24) is 0 Å². The van der Waals surface area contributed by atoms with E-state index in [1.165, 1.54) is 11.1 Å². The highest BCUT2D eigenvalue weighted by Gasteiger charge is 2.68. The van der Waals surface area contributed by atoms with Crippen molar-refractivity contribution in [3.63, 3.8) is 0 Å². The number of fused-ring (bicyclic) bond motifs is 6. The highest BCUT2D eigenvalue weighted by molar-refractivity contribution is 5.79. The van der Waals surface area contributed by atoms with Gasteiger partial charge in [-0.25, -0.2) is 0 Å². The molecule has 10 fully saturated rings. The second-order valence-corrected chi connectivity index (χ2v) is 18.0. The van der Waals surface area contributed by atoms with Crippen molar-refractivity contribution in [2.45, 2.75) is 188 Å². The number of hydrogen-bond acceptors (Lipinski definition) is 11. The molecule has 9 heterocycles. The number of carbonyl (C=O) groups excluding carboxylic acids is 1. The van der Waals surface area contributed by atoms with Gasteiger partial charge in [0.25, 0.3) is 0 Å². The van der Waals surface area contributed by atoms with Gasteiger partial charge in [-0.2, -0.15) is 0 Å². The molecule has 0 unspecified atom stereocenters. The van der Waals surface area contributed by atoms with Crippen LogP contribution in [0.3, 0.4) is 0 Å². The van der Waals surface area contributed by atoms with Gasteiger partial charge in [-0.1, -0.05) is 25.7 Å². The van der Waals surface area contributed by atoms with E-state index in [1.807, 2.05) is 0 Å². The molecule has 1 saturated carbocycles. The van der Waals surface area contributed by atoms with Crippen LogP contribution in [0.5, 0.6) is 0 Å². The number of nitrogens with two attached hydrogens (primary N) is 1. The summed E-state index contributed by atoms with van der Waals surface area (Å²) in [4.78, 5) is 14.1. The fourth-order valence-electron chi connectivity index (χ4n) is 12.0. The molecule has 10 rings (SSSR count). The molecule has 0 aromatic carbocycles. The van der Waals surface area contributed by atoms with E-state index in [4.69, 9.17) is 43.6 Å². The molecule has 10 aliphatic rings. The molecule has 1 aliphatic carbocycles. The zero-order valence-corrected chi connectivity index (χ0v) is 31.1. The van der Waals surface area contributed by atoms with Crippen LogP contribution in [0.1, 0.15) is 96.8 Å². The number of aliphatic hydroxyl groups excluding tert-OH is 1. The number of hydrogen-bond donors (Lipinski definition) is 2. The number of rotatable bonds is 4.